The highest BCUT2D eigenvalue weighted by Crippen LogP contribution is 2.20. The summed E-state index contributed by atoms with van der Waals surface area (Å²) in [6.45, 7) is 1.62. The maximum Gasteiger partial charge on any atom is 0.337 e. The average Bonchev–Trinajstić information content (AvgIpc) is 2.29. The van der Waals surface area contributed by atoms with E-state index in [9.17, 15) is 18.0 Å². The van der Waals surface area contributed by atoms with Crippen LogP contribution in [0.2, 0.25) is 0 Å². The molecule has 0 heterocycles. The van der Waals surface area contributed by atoms with Crippen LogP contribution in [0, 0.1) is 6.92 Å². The number of sulfone groups is 1. The number of amides is 2. The lowest BCUT2D eigenvalue weighted by atomic mass is 10.1. The molecule has 0 radical (unpaired) electrons. The maximum atomic E-state index is 11.6. The number of hydrogen-bond acceptors (Lipinski definition) is 4. The highest BCUT2D eigenvalue weighted by Gasteiger charge is 2.14. The van der Waals surface area contributed by atoms with Gasteiger partial charge in [-0.15, -0.1) is 0 Å². The minimum absolute atomic E-state index is 0.0248. The Balaban J connectivity index is 2.74. The van der Waals surface area contributed by atoms with Crippen molar-refractivity contribution in [2.24, 2.45) is 0 Å². The van der Waals surface area contributed by atoms with Crippen LogP contribution < -0.4 is 10.6 Å². The van der Waals surface area contributed by atoms with Crippen molar-refractivity contribution < 1.29 is 23.1 Å². The molecule has 0 aliphatic rings. The second kappa shape index (κ2) is 6.38. The topological polar surface area (TPSA) is 113 Å². The number of urea groups is 1. The lowest BCUT2D eigenvalue weighted by molar-refractivity contribution is 0.0698. The van der Waals surface area contributed by atoms with Crippen molar-refractivity contribution in [2.45, 2.75) is 6.92 Å². The molecule has 0 aliphatic carbocycles. The van der Waals surface area contributed by atoms with Gasteiger partial charge in [0.2, 0.25) is 0 Å². The van der Waals surface area contributed by atoms with E-state index in [-0.39, 0.29) is 23.5 Å². The number of anilines is 1. The van der Waals surface area contributed by atoms with E-state index in [1.165, 1.54) is 6.07 Å². The molecule has 20 heavy (non-hydrogen) atoms. The summed E-state index contributed by atoms with van der Waals surface area (Å²) in [4.78, 5) is 22.7. The molecule has 2 amide bonds. The minimum atomic E-state index is -3.16. The molecular weight excluding hydrogens is 284 g/mol. The molecule has 7 nitrogen and oxygen atoms in total. The van der Waals surface area contributed by atoms with Crippen LogP contribution in [0.3, 0.4) is 0 Å². The van der Waals surface area contributed by atoms with Gasteiger partial charge in [0.15, 0.2) is 0 Å². The Morgan fingerprint density at radius 1 is 1.30 bits per heavy atom. The second-order valence-corrected chi connectivity index (χ2v) is 6.57. The summed E-state index contributed by atoms with van der Waals surface area (Å²) in [6, 6.07) is 3.97. The monoisotopic (exact) mass is 300 g/mol. The van der Waals surface area contributed by atoms with Gasteiger partial charge in [-0.25, -0.2) is 18.0 Å². The molecule has 1 aromatic rings. The quantitative estimate of drug-likeness (QED) is 0.746. The third-order valence-corrected chi connectivity index (χ3v) is 3.45. The van der Waals surface area contributed by atoms with Crippen LogP contribution in [0.25, 0.3) is 0 Å². The lowest BCUT2D eigenvalue weighted by Crippen LogP contribution is -2.33. The number of aryl methyl sites for hydroxylation is 1. The molecule has 0 bridgehead atoms. The number of benzene rings is 1. The number of carboxylic acids is 1. The first-order valence-corrected chi connectivity index (χ1v) is 7.82. The van der Waals surface area contributed by atoms with Crippen molar-refractivity contribution in [1.82, 2.24) is 5.32 Å². The third-order valence-electron chi connectivity index (χ3n) is 2.50. The number of carboxylic acid groups (broad SMARTS) is 1. The van der Waals surface area contributed by atoms with Gasteiger partial charge in [-0.2, -0.15) is 0 Å². The SMILES string of the molecule is Cc1cccc(C(=O)O)c1NC(=O)NCCS(C)(=O)=O. The number of rotatable bonds is 5. The number of aromatic carboxylic acids is 1. The van der Waals surface area contributed by atoms with E-state index < -0.39 is 21.8 Å². The smallest absolute Gasteiger partial charge is 0.337 e. The molecule has 8 heteroatoms. The van der Waals surface area contributed by atoms with Crippen molar-refractivity contribution in [2.75, 3.05) is 23.9 Å². The predicted molar refractivity (Wildman–Crippen MR) is 74.9 cm³/mol. The predicted octanol–water partition coefficient (Wildman–Crippen LogP) is 0.859. The molecule has 0 spiro atoms. The molecule has 0 aliphatic heterocycles. The third kappa shape index (κ3) is 4.88. The van der Waals surface area contributed by atoms with E-state index >= 15 is 0 Å². The number of para-hydroxylation sites is 1. The number of carbonyl (C=O) groups is 2. The fraction of sp³-hybridized carbons (Fsp3) is 0.333. The molecule has 3 N–H and O–H groups in total. The number of nitrogens with one attached hydrogen (secondary N) is 2. The van der Waals surface area contributed by atoms with Gasteiger partial charge >= 0.3 is 12.0 Å². The van der Waals surface area contributed by atoms with Crippen LogP contribution in [0.4, 0.5) is 10.5 Å². The van der Waals surface area contributed by atoms with Gasteiger partial charge in [0.25, 0.3) is 0 Å². The Kier molecular flexibility index (Phi) is 5.09. The molecule has 0 saturated carbocycles. The zero-order valence-electron chi connectivity index (χ0n) is 11.1. The summed E-state index contributed by atoms with van der Waals surface area (Å²) in [5.74, 6) is -1.33. The summed E-state index contributed by atoms with van der Waals surface area (Å²) >= 11 is 0. The zero-order valence-corrected chi connectivity index (χ0v) is 12.0. The van der Waals surface area contributed by atoms with Crippen molar-refractivity contribution in [1.29, 1.82) is 0 Å². The van der Waals surface area contributed by atoms with Crippen LogP contribution >= 0.6 is 0 Å². The van der Waals surface area contributed by atoms with E-state index in [1.54, 1.807) is 19.1 Å². The van der Waals surface area contributed by atoms with E-state index in [0.29, 0.717) is 5.56 Å². The minimum Gasteiger partial charge on any atom is -0.478 e. The molecule has 0 aromatic heterocycles. The van der Waals surface area contributed by atoms with Gasteiger partial charge in [0, 0.05) is 12.8 Å². The van der Waals surface area contributed by atoms with Crippen molar-refractivity contribution in [3.05, 3.63) is 29.3 Å². The molecule has 0 fully saturated rings. The molecule has 1 aromatic carbocycles. The van der Waals surface area contributed by atoms with Crippen LogP contribution in [-0.2, 0) is 9.84 Å². The Labute approximate surface area is 116 Å². The maximum absolute atomic E-state index is 11.6. The normalized spacial score (nSPS) is 10.9. The van der Waals surface area contributed by atoms with E-state index in [2.05, 4.69) is 10.6 Å². The first kappa shape index (κ1) is 16.0. The summed E-state index contributed by atoms with van der Waals surface area (Å²) in [6.07, 6.45) is 1.07. The molecule has 0 saturated heterocycles. The van der Waals surface area contributed by atoms with E-state index in [1.807, 2.05) is 0 Å². The highest BCUT2D eigenvalue weighted by atomic mass is 32.2. The molecule has 0 atom stereocenters. The Morgan fingerprint density at radius 3 is 2.50 bits per heavy atom. The largest absolute Gasteiger partial charge is 0.478 e. The van der Waals surface area contributed by atoms with Gasteiger partial charge in [0.05, 0.1) is 17.0 Å². The molecule has 0 unspecified atom stereocenters. The standard InChI is InChI=1S/C12H16N2O5S/c1-8-4-3-5-9(11(15)16)10(8)14-12(17)13-6-7-20(2,18)19/h3-5H,6-7H2,1-2H3,(H,15,16)(H2,13,14,17). The Hall–Kier alpha value is -2.09. The van der Waals surface area contributed by atoms with Gasteiger partial charge < -0.3 is 15.7 Å². The van der Waals surface area contributed by atoms with Gasteiger partial charge in [-0.3, -0.25) is 0 Å². The average molecular weight is 300 g/mol. The van der Waals surface area contributed by atoms with Crippen molar-refractivity contribution in [3.8, 4) is 0 Å². The van der Waals surface area contributed by atoms with Crippen molar-refractivity contribution in [3.63, 3.8) is 0 Å². The Morgan fingerprint density at radius 2 is 1.95 bits per heavy atom. The zero-order chi connectivity index (χ0) is 15.3. The first-order chi connectivity index (χ1) is 9.20. The second-order valence-electron chi connectivity index (χ2n) is 4.31. The number of hydrogen-bond donors (Lipinski definition) is 3. The summed E-state index contributed by atoms with van der Waals surface area (Å²) < 4.78 is 21.8. The lowest BCUT2D eigenvalue weighted by Gasteiger charge is -2.12. The van der Waals surface area contributed by atoms with E-state index in [0.717, 1.165) is 6.26 Å². The van der Waals surface area contributed by atoms with Gasteiger partial charge in [-0.1, -0.05) is 12.1 Å². The van der Waals surface area contributed by atoms with Crippen LogP contribution in [0.1, 0.15) is 15.9 Å². The van der Waals surface area contributed by atoms with Gasteiger partial charge in [0.1, 0.15) is 9.84 Å². The van der Waals surface area contributed by atoms with E-state index in [4.69, 9.17) is 5.11 Å². The van der Waals surface area contributed by atoms with Crippen LogP contribution in [0.15, 0.2) is 18.2 Å². The Bertz CT molecular complexity index is 625. The summed E-state index contributed by atoms with van der Waals surface area (Å²) in [7, 11) is -3.16. The molecule has 1 rings (SSSR count). The number of carbonyl (C=O) groups excluding carboxylic acids is 1. The fourth-order valence-corrected chi connectivity index (χ4v) is 1.99. The molecular formula is C12H16N2O5S. The van der Waals surface area contributed by atoms with Crippen molar-refractivity contribution >= 4 is 27.5 Å². The molecule has 110 valence electrons. The van der Waals surface area contributed by atoms with Crippen LogP contribution in [-0.4, -0.2) is 44.1 Å². The first-order valence-electron chi connectivity index (χ1n) is 5.76. The van der Waals surface area contributed by atoms with Crippen LogP contribution in [0.5, 0.6) is 0 Å². The summed E-state index contributed by atoms with van der Waals surface area (Å²) in [5.41, 5.74) is 0.767. The summed E-state index contributed by atoms with van der Waals surface area (Å²) in [5, 5.41) is 13.8. The fourth-order valence-electron chi connectivity index (χ4n) is 1.52. The van der Waals surface area contributed by atoms with Gasteiger partial charge in [-0.05, 0) is 18.6 Å². The highest BCUT2D eigenvalue weighted by molar-refractivity contribution is 7.90.